The van der Waals surface area contributed by atoms with Crippen LogP contribution in [0.15, 0.2) is 36.4 Å². The molecule has 0 saturated carbocycles. The smallest absolute Gasteiger partial charge is 0.167 e. The summed E-state index contributed by atoms with van der Waals surface area (Å²) in [6, 6.07) is 13.3. The van der Waals surface area contributed by atoms with Gasteiger partial charge in [0.1, 0.15) is 12.4 Å². The van der Waals surface area contributed by atoms with E-state index in [2.05, 4.69) is 13.0 Å². The fraction of sp³-hybridized carbons (Fsp3) is 0.263. The summed E-state index contributed by atoms with van der Waals surface area (Å²) in [5.74, 6) is 1.10. The van der Waals surface area contributed by atoms with Crippen molar-refractivity contribution in [2.75, 3.05) is 0 Å². The van der Waals surface area contributed by atoms with Crippen molar-refractivity contribution in [2.24, 2.45) is 0 Å². The number of aryl methyl sites for hydroxylation is 1. The first-order valence-electron chi connectivity index (χ1n) is 7.38. The second kappa shape index (κ2) is 5.65. The zero-order valence-electron chi connectivity index (χ0n) is 12.7. The number of hydrogen-bond acceptors (Lipinski definition) is 3. The molecule has 1 aliphatic carbocycles. The van der Waals surface area contributed by atoms with Crippen molar-refractivity contribution in [2.45, 2.75) is 32.8 Å². The lowest BCUT2D eigenvalue weighted by molar-refractivity contribution is 0.0986. The Hall–Kier alpha value is -2.60. The molecule has 0 bridgehead atoms. The van der Waals surface area contributed by atoms with Gasteiger partial charge in [0.15, 0.2) is 5.78 Å². The van der Waals surface area contributed by atoms with Crippen molar-refractivity contribution < 1.29 is 9.53 Å². The summed E-state index contributed by atoms with van der Waals surface area (Å²) >= 11 is 0. The van der Waals surface area contributed by atoms with Crippen LogP contribution in [0.4, 0.5) is 0 Å². The third-order valence-corrected chi connectivity index (χ3v) is 4.17. The van der Waals surface area contributed by atoms with E-state index in [1.807, 2.05) is 31.2 Å². The van der Waals surface area contributed by atoms with E-state index in [9.17, 15) is 4.79 Å². The van der Waals surface area contributed by atoms with E-state index in [0.717, 1.165) is 22.3 Å². The number of hydrogen-bond donors (Lipinski definition) is 0. The van der Waals surface area contributed by atoms with Crippen LogP contribution in [0.1, 0.15) is 51.9 Å². The monoisotopic (exact) mass is 291 g/mol. The summed E-state index contributed by atoms with van der Waals surface area (Å²) in [6.45, 7) is 4.52. The van der Waals surface area contributed by atoms with Crippen molar-refractivity contribution in [3.05, 3.63) is 64.2 Å². The first-order chi connectivity index (χ1) is 10.6. The lowest BCUT2D eigenvalue weighted by Gasteiger charge is -2.13. The van der Waals surface area contributed by atoms with Crippen LogP contribution in [0.5, 0.6) is 5.75 Å². The topological polar surface area (TPSA) is 50.1 Å². The van der Waals surface area contributed by atoms with Crippen LogP contribution >= 0.6 is 0 Å². The zero-order valence-corrected chi connectivity index (χ0v) is 12.7. The second-order valence-corrected chi connectivity index (χ2v) is 5.80. The second-order valence-electron chi connectivity index (χ2n) is 5.80. The Morgan fingerprint density at radius 2 is 1.95 bits per heavy atom. The van der Waals surface area contributed by atoms with Crippen LogP contribution in [0.3, 0.4) is 0 Å². The molecule has 0 unspecified atom stereocenters. The van der Waals surface area contributed by atoms with Crippen molar-refractivity contribution in [3.63, 3.8) is 0 Å². The van der Waals surface area contributed by atoms with Gasteiger partial charge in [-0.3, -0.25) is 4.79 Å². The summed E-state index contributed by atoms with van der Waals surface area (Å²) < 4.78 is 5.88. The number of nitrogens with zero attached hydrogens (tertiary/aromatic N) is 1. The Bertz CT molecular complexity index is 769. The average molecular weight is 291 g/mol. The van der Waals surface area contributed by atoms with Crippen molar-refractivity contribution in [1.29, 1.82) is 5.26 Å². The van der Waals surface area contributed by atoms with Gasteiger partial charge >= 0.3 is 0 Å². The van der Waals surface area contributed by atoms with E-state index in [1.54, 1.807) is 12.1 Å². The summed E-state index contributed by atoms with van der Waals surface area (Å²) in [5, 5.41) is 8.80. The SMILES string of the molecule is Cc1ccc(OCc2ccc(C#N)cc2)c2c1[C@H](C)CC2=O. The van der Waals surface area contributed by atoms with Gasteiger partial charge in [-0.15, -0.1) is 0 Å². The number of Topliss-reactive ketones (excluding diaryl/α,β-unsaturated/α-hetero) is 1. The maximum atomic E-state index is 12.2. The van der Waals surface area contributed by atoms with E-state index in [1.165, 1.54) is 0 Å². The van der Waals surface area contributed by atoms with Gasteiger partial charge in [-0.25, -0.2) is 0 Å². The minimum absolute atomic E-state index is 0.168. The van der Waals surface area contributed by atoms with Gasteiger partial charge in [0.25, 0.3) is 0 Å². The Kier molecular flexibility index (Phi) is 3.68. The Morgan fingerprint density at radius 1 is 1.23 bits per heavy atom. The van der Waals surface area contributed by atoms with Gasteiger partial charge in [0, 0.05) is 6.42 Å². The molecule has 0 fully saturated rings. The van der Waals surface area contributed by atoms with Crippen LogP contribution in [-0.4, -0.2) is 5.78 Å². The van der Waals surface area contributed by atoms with Crippen LogP contribution in [0, 0.1) is 18.3 Å². The number of ether oxygens (including phenoxy) is 1. The molecule has 0 heterocycles. The molecule has 2 aromatic carbocycles. The van der Waals surface area contributed by atoms with E-state index < -0.39 is 0 Å². The van der Waals surface area contributed by atoms with Gasteiger partial charge < -0.3 is 4.74 Å². The Balaban J connectivity index is 1.85. The third kappa shape index (κ3) is 2.48. The molecule has 3 rings (SSSR count). The molecular formula is C19H17NO2. The molecule has 1 atom stereocenters. The number of fused-ring (bicyclic) bond motifs is 1. The van der Waals surface area contributed by atoms with Gasteiger partial charge in [-0.1, -0.05) is 25.1 Å². The van der Waals surface area contributed by atoms with Crippen molar-refractivity contribution in [3.8, 4) is 11.8 Å². The number of ketones is 1. The van der Waals surface area contributed by atoms with E-state index in [0.29, 0.717) is 24.3 Å². The molecule has 3 heteroatoms. The number of rotatable bonds is 3. The Morgan fingerprint density at radius 3 is 2.64 bits per heavy atom. The number of carbonyl (C=O) groups excluding carboxylic acids is 1. The van der Waals surface area contributed by atoms with Crippen LogP contribution in [0.25, 0.3) is 0 Å². The molecular weight excluding hydrogens is 274 g/mol. The maximum Gasteiger partial charge on any atom is 0.167 e. The molecule has 0 aliphatic heterocycles. The average Bonchev–Trinajstić information content (AvgIpc) is 2.83. The number of benzene rings is 2. The van der Waals surface area contributed by atoms with Crippen LogP contribution < -0.4 is 4.74 Å². The van der Waals surface area contributed by atoms with E-state index in [-0.39, 0.29) is 11.7 Å². The van der Waals surface area contributed by atoms with Crippen molar-refractivity contribution in [1.82, 2.24) is 0 Å². The number of carbonyl (C=O) groups is 1. The molecule has 110 valence electrons. The van der Waals surface area contributed by atoms with Gasteiger partial charge in [0.05, 0.1) is 17.2 Å². The first kappa shape index (κ1) is 14.3. The van der Waals surface area contributed by atoms with Gasteiger partial charge in [0.2, 0.25) is 0 Å². The predicted octanol–water partition coefficient (Wildman–Crippen LogP) is 4.14. The molecule has 0 spiro atoms. The molecule has 0 radical (unpaired) electrons. The highest BCUT2D eigenvalue weighted by atomic mass is 16.5. The Labute approximate surface area is 130 Å². The molecule has 0 amide bonds. The summed E-state index contributed by atoms with van der Waals surface area (Å²) in [7, 11) is 0. The molecule has 0 aromatic heterocycles. The zero-order chi connectivity index (χ0) is 15.7. The molecule has 1 aliphatic rings. The van der Waals surface area contributed by atoms with Crippen molar-refractivity contribution >= 4 is 5.78 Å². The molecule has 0 saturated heterocycles. The molecule has 0 N–H and O–H groups in total. The quantitative estimate of drug-likeness (QED) is 0.854. The highest BCUT2D eigenvalue weighted by molar-refractivity contribution is 6.04. The maximum absolute atomic E-state index is 12.2. The highest BCUT2D eigenvalue weighted by Gasteiger charge is 2.30. The van der Waals surface area contributed by atoms with Gasteiger partial charge in [-0.05, 0) is 47.7 Å². The first-order valence-corrected chi connectivity index (χ1v) is 7.38. The largest absolute Gasteiger partial charge is 0.488 e. The predicted molar refractivity (Wildman–Crippen MR) is 84.0 cm³/mol. The summed E-state index contributed by atoms with van der Waals surface area (Å²) in [4.78, 5) is 12.2. The van der Waals surface area contributed by atoms with Crippen LogP contribution in [-0.2, 0) is 6.61 Å². The minimum atomic E-state index is 0.168. The fourth-order valence-electron chi connectivity index (χ4n) is 3.07. The molecule has 3 nitrogen and oxygen atoms in total. The van der Waals surface area contributed by atoms with E-state index in [4.69, 9.17) is 10.00 Å². The fourth-order valence-corrected chi connectivity index (χ4v) is 3.07. The standard InChI is InChI=1S/C19H17NO2/c1-12-3-8-17(19-16(21)9-13(2)18(12)19)22-11-15-6-4-14(10-20)5-7-15/h3-8,13H,9,11H2,1-2H3/t13-/m1/s1. The third-order valence-electron chi connectivity index (χ3n) is 4.17. The van der Waals surface area contributed by atoms with Crippen LogP contribution in [0.2, 0.25) is 0 Å². The summed E-state index contributed by atoms with van der Waals surface area (Å²) in [5.41, 5.74) is 4.64. The highest BCUT2D eigenvalue weighted by Crippen LogP contribution is 2.40. The van der Waals surface area contributed by atoms with E-state index >= 15 is 0 Å². The summed E-state index contributed by atoms with van der Waals surface area (Å²) in [6.07, 6.45) is 0.563. The normalized spacial score (nSPS) is 16.2. The molecule has 2 aromatic rings. The lowest BCUT2D eigenvalue weighted by atomic mass is 9.97. The minimum Gasteiger partial charge on any atom is -0.488 e. The number of nitriles is 1. The lowest BCUT2D eigenvalue weighted by Crippen LogP contribution is -2.02. The molecule has 22 heavy (non-hydrogen) atoms. The van der Waals surface area contributed by atoms with Gasteiger partial charge in [-0.2, -0.15) is 5.26 Å².